The summed E-state index contributed by atoms with van der Waals surface area (Å²) in [5.74, 6) is -0.449. The highest BCUT2D eigenvalue weighted by atomic mass is 19.1. The Morgan fingerprint density at radius 1 is 1.40 bits per heavy atom. The maximum atomic E-state index is 13.3. The fraction of sp³-hybridized carbons (Fsp3) is 0.533. The molecule has 1 aliphatic carbocycles. The molecule has 1 saturated carbocycles. The van der Waals surface area contributed by atoms with Crippen LogP contribution in [0.25, 0.3) is 0 Å². The number of nitrogens with one attached hydrogen (secondary N) is 1. The van der Waals surface area contributed by atoms with E-state index in [0.717, 1.165) is 31.2 Å². The minimum atomic E-state index is -0.376. The number of anilines is 1. The van der Waals surface area contributed by atoms with E-state index < -0.39 is 0 Å². The summed E-state index contributed by atoms with van der Waals surface area (Å²) in [4.78, 5) is 11.4. The highest BCUT2D eigenvalue weighted by molar-refractivity contribution is 5.72. The van der Waals surface area contributed by atoms with Crippen molar-refractivity contribution in [2.24, 2.45) is 5.92 Å². The van der Waals surface area contributed by atoms with Crippen molar-refractivity contribution in [1.29, 1.82) is 0 Å². The summed E-state index contributed by atoms with van der Waals surface area (Å²) in [5, 5.41) is 3.40. The van der Waals surface area contributed by atoms with E-state index in [4.69, 9.17) is 10.5 Å². The molecular formula is C15H21FN2O2. The number of carbonyl (C=O) groups is 1. The molecule has 2 rings (SSSR count). The van der Waals surface area contributed by atoms with E-state index in [9.17, 15) is 9.18 Å². The lowest BCUT2D eigenvalue weighted by Gasteiger charge is -2.27. The summed E-state index contributed by atoms with van der Waals surface area (Å²) in [6.45, 7) is 0.616. The van der Waals surface area contributed by atoms with E-state index in [1.807, 2.05) is 6.07 Å². The van der Waals surface area contributed by atoms with Gasteiger partial charge in [0, 0.05) is 12.6 Å². The first kappa shape index (κ1) is 14.8. The van der Waals surface area contributed by atoms with Crippen LogP contribution >= 0.6 is 0 Å². The third-order valence-corrected chi connectivity index (χ3v) is 3.92. The number of nitrogen functional groups attached to an aromatic ring is 1. The van der Waals surface area contributed by atoms with Gasteiger partial charge in [-0.1, -0.05) is 6.07 Å². The Bertz CT molecular complexity index is 471. The van der Waals surface area contributed by atoms with Crippen LogP contribution in [0.3, 0.4) is 0 Å². The fourth-order valence-electron chi connectivity index (χ4n) is 2.64. The fourth-order valence-corrected chi connectivity index (χ4v) is 2.64. The zero-order valence-corrected chi connectivity index (χ0v) is 11.7. The van der Waals surface area contributed by atoms with E-state index in [2.05, 4.69) is 5.32 Å². The molecule has 0 unspecified atom stereocenters. The summed E-state index contributed by atoms with van der Waals surface area (Å²) in [7, 11) is 1.43. The normalized spacial score (nSPS) is 22.5. The number of esters is 1. The molecule has 0 heterocycles. The first-order valence-electron chi connectivity index (χ1n) is 6.95. The number of ether oxygens (including phenoxy) is 1. The summed E-state index contributed by atoms with van der Waals surface area (Å²) >= 11 is 0. The minimum absolute atomic E-state index is 0.0343. The third kappa shape index (κ3) is 3.70. The molecule has 0 bridgehead atoms. The first-order chi connectivity index (χ1) is 9.60. The molecular weight excluding hydrogens is 259 g/mol. The lowest BCUT2D eigenvalue weighted by molar-refractivity contribution is -0.146. The molecule has 1 aromatic rings. The Kier molecular flexibility index (Phi) is 4.95. The molecule has 1 fully saturated rings. The van der Waals surface area contributed by atoms with Gasteiger partial charge in [-0.15, -0.1) is 0 Å². The van der Waals surface area contributed by atoms with Crippen molar-refractivity contribution in [1.82, 2.24) is 5.32 Å². The Morgan fingerprint density at radius 3 is 2.70 bits per heavy atom. The van der Waals surface area contributed by atoms with Crippen LogP contribution in [0.4, 0.5) is 10.1 Å². The summed E-state index contributed by atoms with van der Waals surface area (Å²) in [6.07, 6.45) is 3.58. The monoisotopic (exact) mass is 280 g/mol. The SMILES string of the molecule is COC(=O)C1CCC(NCc2ccc(N)c(F)c2)CC1. The van der Waals surface area contributed by atoms with E-state index in [1.165, 1.54) is 13.2 Å². The van der Waals surface area contributed by atoms with Crippen LogP contribution in [0.5, 0.6) is 0 Å². The third-order valence-electron chi connectivity index (χ3n) is 3.92. The van der Waals surface area contributed by atoms with Crippen LogP contribution in [-0.2, 0) is 16.1 Å². The lowest BCUT2D eigenvalue weighted by atomic mass is 9.86. The number of rotatable bonds is 4. The van der Waals surface area contributed by atoms with Gasteiger partial charge in [0.1, 0.15) is 5.82 Å². The van der Waals surface area contributed by atoms with Gasteiger partial charge < -0.3 is 15.8 Å². The molecule has 20 heavy (non-hydrogen) atoms. The zero-order valence-electron chi connectivity index (χ0n) is 11.7. The first-order valence-corrected chi connectivity index (χ1v) is 6.95. The van der Waals surface area contributed by atoms with Crippen molar-refractivity contribution in [3.8, 4) is 0 Å². The zero-order chi connectivity index (χ0) is 14.5. The molecule has 3 N–H and O–H groups in total. The number of methoxy groups -OCH3 is 1. The number of halogens is 1. The van der Waals surface area contributed by atoms with E-state index >= 15 is 0 Å². The predicted octanol–water partition coefficient (Wildman–Crippen LogP) is 2.23. The van der Waals surface area contributed by atoms with Gasteiger partial charge in [-0.25, -0.2) is 4.39 Å². The van der Waals surface area contributed by atoms with Crippen molar-refractivity contribution < 1.29 is 13.9 Å². The van der Waals surface area contributed by atoms with Crippen molar-refractivity contribution >= 4 is 11.7 Å². The number of benzene rings is 1. The molecule has 0 saturated heterocycles. The van der Waals surface area contributed by atoms with Gasteiger partial charge in [-0.05, 0) is 43.4 Å². The Hall–Kier alpha value is -1.62. The smallest absolute Gasteiger partial charge is 0.308 e. The molecule has 0 aliphatic heterocycles. The molecule has 110 valence electrons. The van der Waals surface area contributed by atoms with Gasteiger partial charge in [-0.3, -0.25) is 4.79 Å². The number of nitrogens with two attached hydrogens (primary N) is 1. The molecule has 0 amide bonds. The molecule has 5 heteroatoms. The van der Waals surface area contributed by atoms with E-state index in [1.54, 1.807) is 6.07 Å². The summed E-state index contributed by atoms with van der Waals surface area (Å²) in [6, 6.07) is 5.24. The summed E-state index contributed by atoms with van der Waals surface area (Å²) in [5.41, 5.74) is 6.50. The Labute approximate surface area is 118 Å². The van der Waals surface area contributed by atoms with Gasteiger partial charge in [0.25, 0.3) is 0 Å². The van der Waals surface area contributed by atoms with Crippen molar-refractivity contribution in [2.45, 2.75) is 38.3 Å². The maximum Gasteiger partial charge on any atom is 0.308 e. The number of hydrogen-bond donors (Lipinski definition) is 2. The average Bonchev–Trinajstić information content (AvgIpc) is 2.48. The molecule has 1 aliphatic rings. The molecule has 0 atom stereocenters. The van der Waals surface area contributed by atoms with Crippen LogP contribution in [0.2, 0.25) is 0 Å². The predicted molar refractivity (Wildman–Crippen MR) is 75.4 cm³/mol. The van der Waals surface area contributed by atoms with Crippen LogP contribution in [-0.4, -0.2) is 19.1 Å². The van der Waals surface area contributed by atoms with Crippen molar-refractivity contribution in [2.75, 3.05) is 12.8 Å². The van der Waals surface area contributed by atoms with Gasteiger partial charge in [0.2, 0.25) is 0 Å². The maximum absolute atomic E-state index is 13.3. The molecule has 0 spiro atoms. The van der Waals surface area contributed by atoms with Crippen molar-refractivity contribution in [3.63, 3.8) is 0 Å². The van der Waals surface area contributed by atoms with E-state index in [-0.39, 0.29) is 23.4 Å². The van der Waals surface area contributed by atoms with Crippen molar-refractivity contribution in [3.05, 3.63) is 29.6 Å². The number of carbonyl (C=O) groups excluding carboxylic acids is 1. The highest BCUT2D eigenvalue weighted by Gasteiger charge is 2.26. The van der Waals surface area contributed by atoms with Gasteiger partial charge in [-0.2, -0.15) is 0 Å². The molecule has 0 radical (unpaired) electrons. The topological polar surface area (TPSA) is 64.3 Å². The van der Waals surface area contributed by atoms with Gasteiger partial charge >= 0.3 is 5.97 Å². The van der Waals surface area contributed by atoms with Gasteiger partial charge in [0.15, 0.2) is 0 Å². The van der Waals surface area contributed by atoms with Crippen LogP contribution < -0.4 is 11.1 Å². The largest absolute Gasteiger partial charge is 0.469 e. The highest BCUT2D eigenvalue weighted by Crippen LogP contribution is 2.25. The molecule has 1 aromatic carbocycles. The standard InChI is InChI=1S/C15H21FN2O2/c1-20-15(19)11-3-5-12(6-4-11)18-9-10-2-7-14(17)13(16)8-10/h2,7-8,11-12,18H,3-6,9,17H2,1H3. The second kappa shape index (κ2) is 6.70. The second-order valence-electron chi connectivity index (χ2n) is 5.31. The van der Waals surface area contributed by atoms with Crippen LogP contribution in [0.15, 0.2) is 18.2 Å². The Balaban J connectivity index is 1.78. The minimum Gasteiger partial charge on any atom is -0.469 e. The molecule has 0 aromatic heterocycles. The Morgan fingerprint density at radius 2 is 2.10 bits per heavy atom. The number of hydrogen-bond acceptors (Lipinski definition) is 4. The van der Waals surface area contributed by atoms with Crippen LogP contribution in [0, 0.1) is 11.7 Å². The quantitative estimate of drug-likeness (QED) is 0.656. The second-order valence-corrected chi connectivity index (χ2v) is 5.31. The summed E-state index contributed by atoms with van der Waals surface area (Å²) < 4.78 is 18.1. The average molecular weight is 280 g/mol. The molecule has 4 nitrogen and oxygen atoms in total. The van der Waals surface area contributed by atoms with Crippen LogP contribution in [0.1, 0.15) is 31.2 Å². The lowest BCUT2D eigenvalue weighted by Crippen LogP contribution is -2.34. The van der Waals surface area contributed by atoms with Gasteiger partial charge in [0.05, 0.1) is 18.7 Å². The van der Waals surface area contributed by atoms with E-state index in [0.29, 0.717) is 12.6 Å².